The van der Waals surface area contributed by atoms with Crippen LogP contribution in [0.4, 0.5) is 4.39 Å². The standard InChI is InChI=1S/C13H19ClFN3O2S.ClH/c1-18(8-10-11(14)3-2-4-12(10)15)21(19,20)17-13(7-16)9-5-6-9;/h2-4,9,13,17H,5-8,16H2,1H3;1H. The number of nitrogens with zero attached hydrogens (tertiary/aromatic N) is 1. The average molecular weight is 372 g/mol. The second-order valence-corrected chi connectivity index (χ2v) is 7.48. The second-order valence-electron chi connectivity index (χ2n) is 5.26. The fourth-order valence-electron chi connectivity index (χ4n) is 2.11. The summed E-state index contributed by atoms with van der Waals surface area (Å²) < 4.78 is 41.8. The van der Waals surface area contributed by atoms with Crippen LogP contribution in [0.3, 0.4) is 0 Å². The molecule has 1 aromatic rings. The first-order valence-electron chi connectivity index (χ1n) is 6.71. The molecule has 3 N–H and O–H groups in total. The second kappa shape index (κ2) is 7.90. The van der Waals surface area contributed by atoms with Gasteiger partial charge in [0.1, 0.15) is 5.82 Å². The molecule has 0 saturated heterocycles. The molecular formula is C13H20Cl2FN3O2S. The quantitative estimate of drug-likeness (QED) is 0.768. The highest BCUT2D eigenvalue weighted by Gasteiger charge is 2.34. The molecule has 0 amide bonds. The molecule has 1 saturated carbocycles. The van der Waals surface area contributed by atoms with E-state index in [1.807, 2.05) is 0 Å². The number of rotatable bonds is 7. The number of nitrogens with two attached hydrogens (primary N) is 1. The Bertz CT molecular complexity index is 591. The SMILES string of the molecule is CN(Cc1c(F)cccc1Cl)S(=O)(=O)NC(CN)C1CC1.Cl. The van der Waals surface area contributed by atoms with E-state index in [0.29, 0.717) is 5.92 Å². The van der Waals surface area contributed by atoms with Crippen molar-refractivity contribution in [1.82, 2.24) is 9.03 Å². The number of hydrogen-bond donors (Lipinski definition) is 2. The molecule has 1 fully saturated rings. The number of hydrogen-bond acceptors (Lipinski definition) is 3. The lowest BCUT2D eigenvalue weighted by molar-refractivity contribution is 0.428. The third-order valence-electron chi connectivity index (χ3n) is 3.60. The van der Waals surface area contributed by atoms with Crippen molar-refractivity contribution in [1.29, 1.82) is 0 Å². The monoisotopic (exact) mass is 371 g/mol. The van der Waals surface area contributed by atoms with Crippen LogP contribution in [0.25, 0.3) is 0 Å². The van der Waals surface area contributed by atoms with E-state index in [4.69, 9.17) is 17.3 Å². The predicted octanol–water partition coefficient (Wildman–Crippen LogP) is 1.90. The van der Waals surface area contributed by atoms with Gasteiger partial charge in [0.15, 0.2) is 0 Å². The molecule has 1 aromatic carbocycles. The summed E-state index contributed by atoms with van der Waals surface area (Å²) in [6, 6.07) is 3.99. The van der Waals surface area contributed by atoms with Gasteiger partial charge in [0, 0.05) is 36.8 Å². The van der Waals surface area contributed by atoms with Crippen molar-refractivity contribution in [3.8, 4) is 0 Å². The van der Waals surface area contributed by atoms with E-state index in [0.717, 1.165) is 17.1 Å². The van der Waals surface area contributed by atoms with Gasteiger partial charge in [-0.2, -0.15) is 17.4 Å². The summed E-state index contributed by atoms with van der Waals surface area (Å²) >= 11 is 5.92. The van der Waals surface area contributed by atoms with Crippen LogP contribution >= 0.6 is 24.0 Å². The lowest BCUT2D eigenvalue weighted by atomic mass is 10.2. The van der Waals surface area contributed by atoms with Crippen molar-refractivity contribution in [2.24, 2.45) is 11.7 Å². The molecule has 9 heteroatoms. The molecule has 0 aromatic heterocycles. The molecule has 1 atom stereocenters. The molecule has 0 spiro atoms. The third kappa shape index (κ3) is 4.78. The molecule has 2 rings (SSSR count). The molecule has 0 bridgehead atoms. The van der Waals surface area contributed by atoms with E-state index in [9.17, 15) is 12.8 Å². The first-order valence-corrected chi connectivity index (χ1v) is 8.53. The van der Waals surface area contributed by atoms with E-state index in [-0.39, 0.29) is 42.1 Å². The van der Waals surface area contributed by atoms with Crippen LogP contribution in [0.5, 0.6) is 0 Å². The highest BCUT2D eigenvalue weighted by atomic mass is 35.5. The van der Waals surface area contributed by atoms with Gasteiger partial charge in [-0.15, -0.1) is 12.4 Å². The summed E-state index contributed by atoms with van der Waals surface area (Å²) in [5.74, 6) is -0.225. The maximum Gasteiger partial charge on any atom is 0.279 e. The summed E-state index contributed by atoms with van der Waals surface area (Å²) in [6.07, 6.45) is 1.96. The largest absolute Gasteiger partial charge is 0.329 e. The van der Waals surface area contributed by atoms with Gasteiger partial charge in [-0.05, 0) is 30.9 Å². The summed E-state index contributed by atoms with van der Waals surface area (Å²) in [6.45, 7) is 0.112. The van der Waals surface area contributed by atoms with Gasteiger partial charge in [-0.1, -0.05) is 17.7 Å². The van der Waals surface area contributed by atoms with E-state index >= 15 is 0 Å². The van der Waals surface area contributed by atoms with Crippen LogP contribution in [0, 0.1) is 11.7 Å². The van der Waals surface area contributed by atoms with Gasteiger partial charge in [-0.3, -0.25) is 0 Å². The van der Waals surface area contributed by atoms with Crippen LogP contribution in [0.2, 0.25) is 5.02 Å². The van der Waals surface area contributed by atoms with Crippen LogP contribution in [-0.4, -0.2) is 32.4 Å². The first-order chi connectivity index (χ1) is 9.85. The first kappa shape index (κ1) is 19.6. The van der Waals surface area contributed by atoms with Crippen molar-refractivity contribution >= 4 is 34.2 Å². The normalized spacial score (nSPS) is 16.4. The highest BCUT2D eigenvalue weighted by Crippen LogP contribution is 2.32. The Hall–Kier alpha value is -0.440. The third-order valence-corrected chi connectivity index (χ3v) is 5.50. The minimum absolute atomic E-state index is 0. The molecule has 126 valence electrons. The Morgan fingerprint density at radius 2 is 2.14 bits per heavy atom. The van der Waals surface area contributed by atoms with Crippen molar-refractivity contribution in [3.63, 3.8) is 0 Å². The highest BCUT2D eigenvalue weighted by molar-refractivity contribution is 7.87. The predicted molar refractivity (Wildman–Crippen MR) is 87.7 cm³/mol. The Morgan fingerprint density at radius 1 is 1.50 bits per heavy atom. The summed E-state index contributed by atoms with van der Waals surface area (Å²) in [7, 11) is -2.35. The van der Waals surface area contributed by atoms with Crippen molar-refractivity contribution < 1.29 is 12.8 Å². The van der Waals surface area contributed by atoms with E-state index in [1.54, 1.807) is 0 Å². The van der Waals surface area contributed by atoms with Crippen LogP contribution in [0.15, 0.2) is 18.2 Å². The van der Waals surface area contributed by atoms with Crippen LogP contribution < -0.4 is 10.5 Å². The Kier molecular flexibility index (Phi) is 7.04. The van der Waals surface area contributed by atoms with Crippen molar-refractivity contribution in [2.45, 2.75) is 25.4 Å². The van der Waals surface area contributed by atoms with Crippen LogP contribution in [0.1, 0.15) is 18.4 Å². The van der Waals surface area contributed by atoms with E-state index in [2.05, 4.69) is 4.72 Å². The van der Waals surface area contributed by atoms with Crippen molar-refractivity contribution in [3.05, 3.63) is 34.6 Å². The van der Waals surface area contributed by atoms with Gasteiger partial charge >= 0.3 is 0 Å². The lowest BCUT2D eigenvalue weighted by Gasteiger charge is -2.23. The topological polar surface area (TPSA) is 75.4 Å². The van der Waals surface area contributed by atoms with Crippen LogP contribution in [-0.2, 0) is 16.8 Å². The maximum absolute atomic E-state index is 13.7. The van der Waals surface area contributed by atoms with Gasteiger partial charge in [-0.25, -0.2) is 4.39 Å². The minimum atomic E-state index is -3.73. The number of nitrogens with one attached hydrogen (secondary N) is 1. The van der Waals surface area contributed by atoms with Gasteiger partial charge in [0.25, 0.3) is 10.2 Å². The van der Waals surface area contributed by atoms with E-state index in [1.165, 1.54) is 25.2 Å². The van der Waals surface area contributed by atoms with Gasteiger partial charge in [0.05, 0.1) is 0 Å². The number of benzene rings is 1. The Balaban J connectivity index is 0.00000242. The zero-order valence-corrected chi connectivity index (χ0v) is 14.5. The molecule has 22 heavy (non-hydrogen) atoms. The van der Waals surface area contributed by atoms with Gasteiger partial charge < -0.3 is 5.73 Å². The zero-order chi connectivity index (χ0) is 15.6. The molecule has 0 heterocycles. The molecule has 0 radical (unpaired) electrons. The van der Waals surface area contributed by atoms with E-state index < -0.39 is 16.0 Å². The molecule has 1 unspecified atom stereocenters. The summed E-state index contributed by atoms with van der Waals surface area (Å²) in [4.78, 5) is 0. The fraction of sp³-hybridized carbons (Fsp3) is 0.538. The minimum Gasteiger partial charge on any atom is -0.329 e. The fourth-order valence-corrected chi connectivity index (χ4v) is 3.48. The molecule has 0 aliphatic heterocycles. The zero-order valence-electron chi connectivity index (χ0n) is 12.1. The van der Waals surface area contributed by atoms with Gasteiger partial charge in [0.2, 0.25) is 0 Å². The lowest BCUT2D eigenvalue weighted by Crippen LogP contribution is -2.47. The maximum atomic E-state index is 13.7. The molecule has 5 nitrogen and oxygen atoms in total. The molecule has 1 aliphatic rings. The average Bonchev–Trinajstić information content (AvgIpc) is 3.24. The Morgan fingerprint density at radius 3 is 2.64 bits per heavy atom. The van der Waals surface area contributed by atoms with Crippen molar-refractivity contribution in [2.75, 3.05) is 13.6 Å². The molecular weight excluding hydrogens is 352 g/mol. The molecule has 1 aliphatic carbocycles. The summed E-state index contributed by atoms with van der Waals surface area (Å²) in [5.41, 5.74) is 5.75. The summed E-state index contributed by atoms with van der Waals surface area (Å²) in [5, 5.41) is 0.203. The number of halogens is 3. The smallest absolute Gasteiger partial charge is 0.279 e. The Labute approximate surface area is 141 Å².